The number of aliphatic imine (C=N–C) groups is 2. The van der Waals surface area contributed by atoms with Gasteiger partial charge in [0.15, 0.2) is 0 Å². The fourth-order valence-corrected chi connectivity index (χ4v) is 0.520. The Morgan fingerprint density at radius 1 is 1.08 bits per heavy atom. The largest absolute Gasteiger partial charge is 0.369 e. The molecule has 74 valence electrons. The third-order valence-corrected chi connectivity index (χ3v) is 1.34. The van der Waals surface area contributed by atoms with Crippen LogP contribution in [0.25, 0.3) is 0 Å². The van der Waals surface area contributed by atoms with E-state index in [1.165, 1.54) is 0 Å². The van der Waals surface area contributed by atoms with Crippen LogP contribution in [0.5, 0.6) is 0 Å². The van der Waals surface area contributed by atoms with Crippen molar-refractivity contribution in [3.05, 3.63) is 12.4 Å². The molecule has 5 N–H and O–H groups in total. The molecule has 0 aromatic rings. The molecule has 0 aromatic carbocycles. The molecule has 0 unspecified atom stereocenters. The lowest BCUT2D eigenvalue weighted by Gasteiger charge is -2.00. The number of nitrogens with two attached hydrogens (primary N) is 1. The Labute approximate surface area is 90.2 Å². The van der Waals surface area contributed by atoms with Gasteiger partial charge in [-0.05, 0) is 0 Å². The van der Waals surface area contributed by atoms with Gasteiger partial charge in [0.1, 0.15) is 5.82 Å². The zero-order chi connectivity index (χ0) is 10.3. The first-order valence-corrected chi connectivity index (χ1v) is 3.99. The van der Waals surface area contributed by atoms with Crippen LogP contribution in [-0.2, 0) is 0 Å². The first-order chi connectivity index (χ1) is 6.13. The van der Waals surface area contributed by atoms with Gasteiger partial charge in [0.25, 0.3) is 0 Å². The highest BCUT2D eigenvalue weighted by atomic mass is 35.5. The summed E-state index contributed by atoms with van der Waals surface area (Å²) in [6, 6.07) is 0. The number of hydrogen-bond donors (Lipinski definition) is 4. The van der Waals surface area contributed by atoms with Gasteiger partial charge in [-0.25, -0.2) is 0 Å². The predicted molar refractivity (Wildman–Crippen MR) is 55.2 cm³/mol. The van der Waals surface area contributed by atoms with Gasteiger partial charge < -0.3 is 5.73 Å². The van der Waals surface area contributed by atoms with Crippen molar-refractivity contribution in [2.45, 2.75) is 0 Å². The standard InChI is InChI=1S/C4H7Cl3N6/c1-2(11-5)9-4(13-7)10-3(8)12-6/h11H,1H2,(H4,8,9,10,12,13). The quantitative estimate of drug-likeness (QED) is 0.321. The van der Waals surface area contributed by atoms with Crippen LogP contribution in [-0.4, -0.2) is 11.9 Å². The van der Waals surface area contributed by atoms with Crippen LogP contribution in [0.2, 0.25) is 0 Å². The molecule has 0 aromatic heterocycles. The molecule has 0 aliphatic carbocycles. The average Bonchev–Trinajstić information content (AvgIpc) is 2.16. The fraction of sp³-hybridized carbons (Fsp3) is 0. The number of rotatable bonds is 2. The van der Waals surface area contributed by atoms with E-state index in [0.29, 0.717) is 0 Å². The van der Waals surface area contributed by atoms with E-state index in [-0.39, 0.29) is 17.7 Å². The SMILES string of the molecule is C=C(/N=C(\N=C(/N)NCl)NCl)NCl. The predicted octanol–water partition coefficient (Wildman–Crippen LogP) is 0.359. The number of nitrogens with zero attached hydrogens (tertiary/aromatic N) is 2. The second kappa shape index (κ2) is 6.64. The van der Waals surface area contributed by atoms with Crippen LogP contribution in [0.4, 0.5) is 0 Å². The Morgan fingerprint density at radius 2 is 1.69 bits per heavy atom. The monoisotopic (exact) mass is 244 g/mol. The van der Waals surface area contributed by atoms with Gasteiger partial charge in [-0.15, -0.1) is 0 Å². The molecule has 0 fully saturated rings. The molecule has 0 rings (SSSR count). The molecule has 0 aliphatic heterocycles. The van der Waals surface area contributed by atoms with Crippen LogP contribution in [0.3, 0.4) is 0 Å². The Kier molecular flexibility index (Phi) is 6.21. The van der Waals surface area contributed by atoms with Gasteiger partial charge in [0.05, 0.1) is 0 Å². The molecule has 0 saturated carbocycles. The van der Waals surface area contributed by atoms with Crippen molar-refractivity contribution in [1.29, 1.82) is 0 Å². The molecule has 0 bridgehead atoms. The van der Waals surface area contributed by atoms with Gasteiger partial charge in [0.2, 0.25) is 11.9 Å². The maximum atomic E-state index is 5.24. The summed E-state index contributed by atoms with van der Waals surface area (Å²) in [5, 5.41) is 0. The molecule has 6 nitrogen and oxygen atoms in total. The summed E-state index contributed by atoms with van der Waals surface area (Å²) in [4.78, 5) is 13.6. The van der Waals surface area contributed by atoms with Crippen LogP contribution >= 0.6 is 35.3 Å². The zero-order valence-electron chi connectivity index (χ0n) is 6.31. The molecule has 0 aliphatic rings. The van der Waals surface area contributed by atoms with E-state index in [1.807, 2.05) is 0 Å². The van der Waals surface area contributed by atoms with E-state index in [2.05, 4.69) is 31.1 Å². The summed E-state index contributed by atoms with van der Waals surface area (Å²) in [6.45, 7) is 3.40. The maximum Gasteiger partial charge on any atom is 0.242 e. The molecule has 0 radical (unpaired) electrons. The van der Waals surface area contributed by atoms with Crippen molar-refractivity contribution in [3.63, 3.8) is 0 Å². The Bertz CT molecular complexity index is 236. The smallest absolute Gasteiger partial charge is 0.242 e. The summed E-state index contributed by atoms with van der Waals surface area (Å²) in [6.07, 6.45) is 0. The van der Waals surface area contributed by atoms with Crippen molar-refractivity contribution in [2.24, 2.45) is 15.7 Å². The summed E-state index contributed by atoms with van der Waals surface area (Å²) in [7, 11) is 0. The van der Waals surface area contributed by atoms with Gasteiger partial charge in [-0.1, -0.05) is 6.58 Å². The van der Waals surface area contributed by atoms with Crippen LogP contribution in [0, 0.1) is 0 Å². The molecular formula is C4H7Cl3N6. The zero-order valence-corrected chi connectivity index (χ0v) is 8.58. The van der Waals surface area contributed by atoms with E-state index in [4.69, 9.17) is 41.1 Å². The molecule has 0 amide bonds. The minimum absolute atomic E-state index is 0.00883. The topological polar surface area (TPSA) is 86.8 Å². The summed E-state index contributed by atoms with van der Waals surface area (Å²) in [5.41, 5.74) is 5.21. The highest BCUT2D eigenvalue weighted by molar-refractivity contribution is 6.25. The summed E-state index contributed by atoms with van der Waals surface area (Å²) >= 11 is 15.5. The summed E-state index contributed by atoms with van der Waals surface area (Å²) in [5.74, 6) is 0.0670. The first kappa shape index (κ1) is 12.2. The Morgan fingerprint density at radius 3 is 2.08 bits per heavy atom. The lowest BCUT2D eigenvalue weighted by molar-refractivity contribution is 1.13. The minimum atomic E-state index is -0.0732. The first-order valence-electron chi connectivity index (χ1n) is 2.85. The van der Waals surface area contributed by atoms with Crippen LogP contribution in [0.1, 0.15) is 0 Å². The molecule has 9 heteroatoms. The maximum absolute atomic E-state index is 5.24. The average molecular weight is 246 g/mol. The van der Waals surface area contributed by atoms with E-state index >= 15 is 0 Å². The van der Waals surface area contributed by atoms with E-state index in [0.717, 1.165) is 0 Å². The molecule has 0 heterocycles. The number of guanidine groups is 2. The lowest BCUT2D eigenvalue weighted by atomic mass is 10.8. The molecule has 0 spiro atoms. The fourth-order valence-electron chi connectivity index (χ4n) is 0.351. The Hall–Kier alpha value is -0.850. The normalized spacial score (nSPS) is 12.2. The summed E-state index contributed by atoms with van der Waals surface area (Å²) < 4.78 is 0. The van der Waals surface area contributed by atoms with Gasteiger partial charge in [-0.2, -0.15) is 9.98 Å². The molecule has 0 saturated heterocycles. The second-order valence-corrected chi connectivity index (χ2v) is 2.23. The van der Waals surface area contributed by atoms with E-state index < -0.39 is 0 Å². The molecule has 0 atom stereocenters. The van der Waals surface area contributed by atoms with Gasteiger partial charge >= 0.3 is 0 Å². The third kappa shape index (κ3) is 5.40. The van der Waals surface area contributed by atoms with Gasteiger partial charge in [-0.3, -0.25) is 14.5 Å². The van der Waals surface area contributed by atoms with Crippen molar-refractivity contribution in [2.75, 3.05) is 0 Å². The molecule has 13 heavy (non-hydrogen) atoms. The van der Waals surface area contributed by atoms with Gasteiger partial charge in [0, 0.05) is 35.3 Å². The molecular weight excluding hydrogens is 238 g/mol. The number of halogens is 3. The second-order valence-electron chi connectivity index (χ2n) is 1.66. The number of nitrogens with one attached hydrogen (secondary N) is 3. The van der Waals surface area contributed by atoms with E-state index in [1.54, 1.807) is 0 Å². The Balaban J connectivity index is 4.51. The lowest BCUT2D eigenvalue weighted by Crippen LogP contribution is -2.27. The van der Waals surface area contributed by atoms with Crippen molar-refractivity contribution < 1.29 is 0 Å². The van der Waals surface area contributed by atoms with Crippen molar-refractivity contribution in [3.8, 4) is 0 Å². The van der Waals surface area contributed by atoms with Crippen molar-refractivity contribution >= 4 is 47.2 Å². The highest BCUT2D eigenvalue weighted by Crippen LogP contribution is 1.90. The van der Waals surface area contributed by atoms with Crippen molar-refractivity contribution in [1.82, 2.24) is 14.5 Å². The number of hydrogen-bond acceptors (Lipinski definition) is 2. The van der Waals surface area contributed by atoms with Crippen LogP contribution in [0.15, 0.2) is 22.4 Å². The third-order valence-electron chi connectivity index (χ3n) is 0.758. The van der Waals surface area contributed by atoms with Crippen LogP contribution < -0.4 is 20.2 Å². The minimum Gasteiger partial charge on any atom is -0.369 e. The van der Waals surface area contributed by atoms with E-state index in [9.17, 15) is 0 Å². The highest BCUT2D eigenvalue weighted by Gasteiger charge is 1.96.